The first-order chi connectivity index (χ1) is 6.39. The van der Waals surface area contributed by atoms with Gasteiger partial charge in [0.05, 0.1) is 0 Å². The van der Waals surface area contributed by atoms with Gasteiger partial charge in [-0.05, 0) is 13.8 Å². The molecule has 0 bridgehead atoms. The molecule has 0 spiro atoms. The molecule has 0 heterocycles. The van der Waals surface area contributed by atoms with Crippen LogP contribution in [-0.4, -0.2) is 29.7 Å². The van der Waals surface area contributed by atoms with Crippen molar-refractivity contribution in [1.82, 2.24) is 10.6 Å². The fourth-order valence-electron chi connectivity index (χ4n) is 0.746. The number of aliphatic carboxylic acids is 1. The van der Waals surface area contributed by atoms with Gasteiger partial charge in [-0.1, -0.05) is 12.7 Å². The molecule has 3 N–H and O–H groups in total. The van der Waals surface area contributed by atoms with Crippen molar-refractivity contribution in [3.63, 3.8) is 0 Å². The highest BCUT2D eigenvalue weighted by Crippen LogP contribution is 2.00. The summed E-state index contributed by atoms with van der Waals surface area (Å²) in [7, 11) is 0. The number of hydrogen-bond donors (Lipinski definition) is 3. The maximum atomic E-state index is 10.3. The third-order valence-corrected chi connectivity index (χ3v) is 1.81. The van der Waals surface area contributed by atoms with E-state index in [1.807, 2.05) is 13.8 Å². The second-order valence-electron chi connectivity index (χ2n) is 3.56. The van der Waals surface area contributed by atoms with Crippen molar-refractivity contribution < 1.29 is 9.90 Å². The van der Waals surface area contributed by atoms with Crippen LogP contribution in [0.2, 0.25) is 0 Å². The van der Waals surface area contributed by atoms with Crippen molar-refractivity contribution in [1.29, 1.82) is 0 Å². The van der Waals surface area contributed by atoms with Crippen LogP contribution in [0.5, 0.6) is 0 Å². The molecule has 0 radical (unpaired) electrons. The molecule has 5 heteroatoms. The van der Waals surface area contributed by atoms with Crippen molar-refractivity contribution >= 4 is 18.4 Å². The average Bonchev–Trinajstić information content (AvgIpc) is 2.12. The number of hydrogen-bond acceptors (Lipinski definition) is 3. The van der Waals surface area contributed by atoms with E-state index < -0.39 is 5.97 Å². The van der Waals surface area contributed by atoms with Crippen LogP contribution >= 0.6 is 12.4 Å². The fraction of sp³-hybridized carbons (Fsp3) is 0.500. The summed E-state index contributed by atoms with van der Waals surface area (Å²) >= 11 is 0. The van der Waals surface area contributed by atoms with Gasteiger partial charge in [0.25, 0.3) is 0 Å². The largest absolute Gasteiger partial charge is 0.477 e. The Morgan fingerprint density at radius 1 is 1.47 bits per heavy atom. The summed E-state index contributed by atoms with van der Waals surface area (Å²) < 4.78 is 0. The van der Waals surface area contributed by atoms with E-state index in [9.17, 15) is 4.79 Å². The number of carboxylic acid groups (broad SMARTS) is 1. The van der Waals surface area contributed by atoms with Crippen LogP contribution in [0.1, 0.15) is 13.8 Å². The zero-order valence-corrected chi connectivity index (χ0v) is 9.99. The minimum atomic E-state index is -1.02. The van der Waals surface area contributed by atoms with E-state index in [2.05, 4.69) is 23.8 Å². The number of halogens is 1. The number of carbonyl (C=O) groups is 1. The third-order valence-electron chi connectivity index (χ3n) is 1.81. The summed E-state index contributed by atoms with van der Waals surface area (Å²) in [6, 6.07) is 0. The zero-order chi connectivity index (χ0) is 11.2. The molecule has 0 aromatic rings. The second-order valence-corrected chi connectivity index (χ2v) is 3.56. The quantitative estimate of drug-likeness (QED) is 0.351. The van der Waals surface area contributed by atoms with Crippen LogP contribution in [0, 0.1) is 0 Å². The van der Waals surface area contributed by atoms with Crippen molar-refractivity contribution in [3.05, 3.63) is 24.9 Å². The standard InChI is InChI=1S/C10H18N2O2.ClH/c1-5-10(3,4)12-7-6-11-8(2)9(13)14;/h5,11-12H,1-2,6-7H2,3-4H3,(H,13,14);1H. The second kappa shape index (κ2) is 7.31. The minimum absolute atomic E-state index is 0. The Morgan fingerprint density at radius 3 is 2.40 bits per heavy atom. The number of rotatable bonds is 7. The van der Waals surface area contributed by atoms with Crippen LogP contribution in [-0.2, 0) is 4.79 Å². The molecule has 0 aromatic carbocycles. The molecule has 0 saturated carbocycles. The summed E-state index contributed by atoms with van der Waals surface area (Å²) in [6.45, 7) is 12.2. The third kappa shape index (κ3) is 8.03. The molecule has 0 fully saturated rings. The Morgan fingerprint density at radius 2 is 2.00 bits per heavy atom. The lowest BCUT2D eigenvalue weighted by molar-refractivity contribution is -0.133. The molecule has 0 aliphatic rings. The smallest absolute Gasteiger partial charge is 0.351 e. The highest BCUT2D eigenvalue weighted by atomic mass is 35.5. The minimum Gasteiger partial charge on any atom is -0.477 e. The zero-order valence-electron chi connectivity index (χ0n) is 9.17. The first-order valence-corrected chi connectivity index (χ1v) is 4.44. The van der Waals surface area contributed by atoms with Crippen LogP contribution < -0.4 is 10.6 Å². The Hall–Kier alpha value is -1.00. The predicted molar refractivity (Wildman–Crippen MR) is 64.3 cm³/mol. The highest BCUT2D eigenvalue weighted by Gasteiger charge is 2.10. The summed E-state index contributed by atoms with van der Waals surface area (Å²) in [5.41, 5.74) is -0.116. The molecule has 0 rings (SSSR count). The van der Waals surface area contributed by atoms with E-state index in [-0.39, 0.29) is 23.6 Å². The van der Waals surface area contributed by atoms with E-state index in [1.54, 1.807) is 6.08 Å². The Balaban J connectivity index is 0. The van der Waals surface area contributed by atoms with Gasteiger partial charge in [-0.3, -0.25) is 0 Å². The summed E-state index contributed by atoms with van der Waals surface area (Å²) in [4.78, 5) is 10.3. The van der Waals surface area contributed by atoms with Gasteiger partial charge in [0, 0.05) is 18.6 Å². The SMILES string of the molecule is C=CC(C)(C)NCCNC(=C)C(=O)O.Cl. The van der Waals surface area contributed by atoms with Crippen molar-refractivity contribution in [2.24, 2.45) is 0 Å². The van der Waals surface area contributed by atoms with Gasteiger partial charge in [-0.25, -0.2) is 4.79 Å². The van der Waals surface area contributed by atoms with Crippen molar-refractivity contribution in [3.8, 4) is 0 Å². The van der Waals surface area contributed by atoms with E-state index in [1.165, 1.54) is 0 Å². The topological polar surface area (TPSA) is 61.4 Å². The van der Waals surface area contributed by atoms with E-state index in [0.717, 1.165) is 0 Å². The molecule has 0 aliphatic heterocycles. The molecule has 0 atom stereocenters. The van der Waals surface area contributed by atoms with Gasteiger partial charge in [0.1, 0.15) is 5.70 Å². The molecule has 4 nitrogen and oxygen atoms in total. The Kier molecular flexibility index (Phi) is 8.01. The molecule has 0 aromatic heterocycles. The van der Waals surface area contributed by atoms with Gasteiger partial charge in [0.2, 0.25) is 0 Å². The molecule has 0 unspecified atom stereocenters. The monoisotopic (exact) mass is 234 g/mol. The van der Waals surface area contributed by atoms with E-state index in [0.29, 0.717) is 13.1 Å². The lowest BCUT2D eigenvalue weighted by Crippen LogP contribution is -2.41. The normalized spacial score (nSPS) is 10.0. The first kappa shape index (κ1) is 16.4. The van der Waals surface area contributed by atoms with Gasteiger partial charge in [-0.15, -0.1) is 19.0 Å². The predicted octanol–water partition coefficient (Wildman–Crippen LogP) is 1.15. The number of carboxylic acids is 1. The van der Waals surface area contributed by atoms with Gasteiger partial charge in [0.15, 0.2) is 0 Å². The lowest BCUT2D eigenvalue weighted by atomic mass is 10.1. The maximum Gasteiger partial charge on any atom is 0.351 e. The highest BCUT2D eigenvalue weighted by molar-refractivity contribution is 5.85. The molecule has 0 amide bonds. The van der Waals surface area contributed by atoms with E-state index in [4.69, 9.17) is 5.11 Å². The molecular weight excluding hydrogens is 216 g/mol. The molecular formula is C10H19ClN2O2. The van der Waals surface area contributed by atoms with Crippen LogP contribution in [0.3, 0.4) is 0 Å². The van der Waals surface area contributed by atoms with Gasteiger partial charge in [-0.2, -0.15) is 0 Å². The van der Waals surface area contributed by atoms with Crippen molar-refractivity contribution in [2.75, 3.05) is 13.1 Å². The summed E-state index contributed by atoms with van der Waals surface area (Å²) in [5, 5.41) is 14.4. The molecule has 15 heavy (non-hydrogen) atoms. The summed E-state index contributed by atoms with van der Waals surface area (Å²) in [6.07, 6.45) is 1.80. The maximum absolute atomic E-state index is 10.3. The van der Waals surface area contributed by atoms with E-state index >= 15 is 0 Å². The Labute approximate surface area is 96.9 Å². The molecule has 0 saturated heterocycles. The molecule has 88 valence electrons. The lowest BCUT2D eigenvalue weighted by Gasteiger charge is -2.21. The number of nitrogens with one attached hydrogen (secondary N) is 2. The van der Waals surface area contributed by atoms with Gasteiger partial charge >= 0.3 is 5.97 Å². The average molecular weight is 235 g/mol. The van der Waals surface area contributed by atoms with Crippen LogP contribution in [0.15, 0.2) is 24.9 Å². The first-order valence-electron chi connectivity index (χ1n) is 4.44. The van der Waals surface area contributed by atoms with Crippen molar-refractivity contribution in [2.45, 2.75) is 19.4 Å². The summed E-state index contributed by atoms with van der Waals surface area (Å²) in [5.74, 6) is -1.02. The van der Waals surface area contributed by atoms with Crippen LogP contribution in [0.4, 0.5) is 0 Å². The van der Waals surface area contributed by atoms with Crippen LogP contribution in [0.25, 0.3) is 0 Å². The van der Waals surface area contributed by atoms with Gasteiger partial charge < -0.3 is 15.7 Å². The Bertz CT molecular complexity index is 240. The molecule has 0 aliphatic carbocycles. The fourth-order valence-corrected chi connectivity index (χ4v) is 0.746.